The van der Waals surface area contributed by atoms with Crippen LogP contribution >= 0.6 is 0 Å². The average molecular weight is 440 g/mol. The lowest BCUT2D eigenvalue weighted by molar-refractivity contribution is -0.0441. The molecule has 0 bridgehead atoms. The number of amides is 1. The van der Waals surface area contributed by atoms with Crippen LogP contribution in [0, 0.1) is 5.82 Å². The van der Waals surface area contributed by atoms with Gasteiger partial charge in [0.1, 0.15) is 36.1 Å². The summed E-state index contributed by atoms with van der Waals surface area (Å²) in [5.41, 5.74) is 0.252. The lowest BCUT2D eigenvalue weighted by Crippen LogP contribution is -2.53. The maximum atomic E-state index is 13.8. The SMILES string of the molecule is COc1nc(C(=O)N2CC[C@]3(c4cccc(F)c4)OCOC3C2)ccc1OC1CC=CC1. The van der Waals surface area contributed by atoms with Gasteiger partial charge in [0.15, 0.2) is 5.75 Å². The summed E-state index contributed by atoms with van der Waals surface area (Å²) in [7, 11) is 1.51. The normalized spacial score (nSPS) is 25.1. The highest BCUT2D eigenvalue weighted by Gasteiger charge is 2.51. The van der Waals surface area contributed by atoms with Crippen LogP contribution in [0.1, 0.15) is 35.3 Å². The predicted octanol–water partition coefficient (Wildman–Crippen LogP) is 3.44. The number of carbonyl (C=O) groups excluding carboxylic acids is 1. The van der Waals surface area contributed by atoms with E-state index in [1.165, 1.54) is 19.2 Å². The minimum atomic E-state index is -0.753. The second kappa shape index (κ2) is 8.52. The molecule has 2 fully saturated rings. The van der Waals surface area contributed by atoms with Crippen LogP contribution < -0.4 is 9.47 Å². The molecule has 2 saturated heterocycles. The number of ether oxygens (including phenoxy) is 4. The molecule has 1 amide bonds. The maximum absolute atomic E-state index is 13.8. The van der Waals surface area contributed by atoms with E-state index in [1.54, 1.807) is 23.1 Å². The number of likely N-dealkylation sites (tertiary alicyclic amines) is 1. The molecule has 1 unspecified atom stereocenters. The number of pyridine rings is 1. The molecule has 1 aromatic carbocycles. The number of methoxy groups -OCH3 is 1. The van der Waals surface area contributed by atoms with Gasteiger partial charge in [-0.15, -0.1) is 0 Å². The van der Waals surface area contributed by atoms with Crippen LogP contribution in [-0.2, 0) is 15.1 Å². The smallest absolute Gasteiger partial charge is 0.272 e. The molecule has 0 spiro atoms. The van der Waals surface area contributed by atoms with Gasteiger partial charge >= 0.3 is 0 Å². The van der Waals surface area contributed by atoms with Gasteiger partial charge in [-0.05, 0) is 29.8 Å². The number of rotatable bonds is 5. The number of nitrogens with zero attached hydrogens (tertiary/aromatic N) is 2. The van der Waals surface area contributed by atoms with Crippen molar-refractivity contribution < 1.29 is 28.1 Å². The van der Waals surface area contributed by atoms with Crippen molar-refractivity contribution in [1.82, 2.24) is 9.88 Å². The molecule has 7 nitrogen and oxygen atoms in total. The summed E-state index contributed by atoms with van der Waals surface area (Å²) in [6.45, 7) is 0.869. The summed E-state index contributed by atoms with van der Waals surface area (Å²) in [4.78, 5) is 19.3. The quantitative estimate of drug-likeness (QED) is 0.664. The van der Waals surface area contributed by atoms with E-state index in [-0.39, 0.29) is 42.3 Å². The third-order valence-corrected chi connectivity index (χ3v) is 6.34. The molecule has 2 aromatic rings. The average Bonchev–Trinajstić information content (AvgIpc) is 3.48. The van der Waals surface area contributed by atoms with Crippen molar-refractivity contribution in [3.8, 4) is 11.6 Å². The van der Waals surface area contributed by atoms with Crippen LogP contribution in [-0.4, -0.2) is 55.0 Å². The van der Waals surface area contributed by atoms with Crippen molar-refractivity contribution in [2.24, 2.45) is 0 Å². The molecule has 1 aliphatic carbocycles. The fraction of sp³-hybridized carbons (Fsp3) is 0.417. The molecule has 5 rings (SSSR count). The number of hydrogen-bond acceptors (Lipinski definition) is 6. The molecular formula is C24H25FN2O5. The number of fused-ring (bicyclic) bond motifs is 1. The molecule has 0 N–H and O–H groups in total. The van der Waals surface area contributed by atoms with E-state index in [4.69, 9.17) is 18.9 Å². The highest BCUT2D eigenvalue weighted by Crippen LogP contribution is 2.43. The van der Waals surface area contributed by atoms with Crippen molar-refractivity contribution in [1.29, 1.82) is 0 Å². The Balaban J connectivity index is 1.32. The molecule has 2 atom stereocenters. The number of aromatic nitrogens is 1. The maximum Gasteiger partial charge on any atom is 0.272 e. The highest BCUT2D eigenvalue weighted by atomic mass is 19.1. The van der Waals surface area contributed by atoms with Crippen molar-refractivity contribution in [3.05, 3.63) is 65.6 Å². The van der Waals surface area contributed by atoms with Crippen molar-refractivity contribution in [2.45, 2.75) is 37.1 Å². The first-order chi connectivity index (χ1) is 15.6. The van der Waals surface area contributed by atoms with Gasteiger partial charge in [-0.1, -0.05) is 24.3 Å². The number of piperidine rings is 1. The monoisotopic (exact) mass is 440 g/mol. The van der Waals surface area contributed by atoms with Crippen LogP contribution in [0.4, 0.5) is 4.39 Å². The number of halogens is 1. The Morgan fingerprint density at radius 1 is 1.25 bits per heavy atom. The Morgan fingerprint density at radius 2 is 2.09 bits per heavy atom. The summed E-state index contributed by atoms with van der Waals surface area (Å²) in [6, 6.07) is 9.77. The van der Waals surface area contributed by atoms with E-state index in [1.807, 2.05) is 6.07 Å². The van der Waals surface area contributed by atoms with E-state index in [0.29, 0.717) is 25.3 Å². The zero-order valence-electron chi connectivity index (χ0n) is 17.8. The van der Waals surface area contributed by atoms with E-state index in [9.17, 15) is 9.18 Å². The summed E-state index contributed by atoms with van der Waals surface area (Å²) in [5.74, 6) is 0.265. The minimum absolute atomic E-state index is 0.0600. The van der Waals surface area contributed by atoms with Crippen LogP contribution in [0.25, 0.3) is 0 Å². The van der Waals surface area contributed by atoms with Crippen LogP contribution in [0.2, 0.25) is 0 Å². The lowest BCUT2D eigenvalue weighted by Gasteiger charge is -2.41. The number of carbonyl (C=O) groups is 1. The predicted molar refractivity (Wildman–Crippen MR) is 113 cm³/mol. The van der Waals surface area contributed by atoms with Gasteiger partial charge in [-0.25, -0.2) is 9.37 Å². The van der Waals surface area contributed by atoms with Crippen molar-refractivity contribution in [3.63, 3.8) is 0 Å². The van der Waals surface area contributed by atoms with Gasteiger partial charge in [-0.2, -0.15) is 0 Å². The Kier molecular flexibility index (Phi) is 5.57. The van der Waals surface area contributed by atoms with Gasteiger partial charge in [-0.3, -0.25) is 4.79 Å². The van der Waals surface area contributed by atoms with Crippen LogP contribution in [0.5, 0.6) is 11.6 Å². The third kappa shape index (κ3) is 3.73. The van der Waals surface area contributed by atoms with Gasteiger partial charge < -0.3 is 23.8 Å². The largest absolute Gasteiger partial charge is 0.484 e. The van der Waals surface area contributed by atoms with Gasteiger partial charge in [0.25, 0.3) is 11.8 Å². The third-order valence-electron chi connectivity index (χ3n) is 6.34. The Labute approximate surface area is 185 Å². The van der Waals surface area contributed by atoms with Gasteiger partial charge in [0.05, 0.1) is 13.7 Å². The van der Waals surface area contributed by atoms with Crippen molar-refractivity contribution >= 4 is 5.91 Å². The standard InChI is InChI=1S/C24H25FN2O5/c1-29-22-20(32-18-7-2-3-8-18)10-9-19(26-22)23(28)27-12-11-24(21(14-27)30-15-31-24)16-5-4-6-17(25)13-16/h2-6,9-10,13,18,21H,7-8,11-12,14-15H2,1H3/t21?,24-/m1/s1. The fourth-order valence-electron chi connectivity index (χ4n) is 4.64. The second-order valence-electron chi connectivity index (χ2n) is 8.21. The molecule has 3 heterocycles. The van der Waals surface area contributed by atoms with Gasteiger partial charge in [0.2, 0.25) is 0 Å². The zero-order chi connectivity index (χ0) is 22.1. The Bertz CT molecular complexity index is 1040. The van der Waals surface area contributed by atoms with Crippen LogP contribution in [0.15, 0.2) is 48.6 Å². The first kappa shape index (κ1) is 20.9. The number of benzene rings is 1. The van der Waals surface area contributed by atoms with E-state index < -0.39 is 5.60 Å². The lowest BCUT2D eigenvalue weighted by atomic mass is 9.82. The molecule has 3 aliphatic rings. The van der Waals surface area contributed by atoms with E-state index in [0.717, 1.165) is 18.4 Å². The summed E-state index contributed by atoms with van der Waals surface area (Å²) >= 11 is 0. The molecule has 2 aliphatic heterocycles. The first-order valence-corrected chi connectivity index (χ1v) is 10.8. The highest BCUT2D eigenvalue weighted by molar-refractivity contribution is 5.92. The van der Waals surface area contributed by atoms with Crippen LogP contribution in [0.3, 0.4) is 0 Å². The molecular weight excluding hydrogens is 415 g/mol. The molecule has 32 heavy (non-hydrogen) atoms. The van der Waals surface area contributed by atoms with Crippen molar-refractivity contribution in [2.75, 3.05) is 27.0 Å². The Morgan fingerprint density at radius 3 is 2.88 bits per heavy atom. The van der Waals surface area contributed by atoms with E-state index in [2.05, 4.69) is 17.1 Å². The second-order valence-corrected chi connectivity index (χ2v) is 8.21. The molecule has 0 radical (unpaired) electrons. The molecule has 168 valence electrons. The summed E-state index contributed by atoms with van der Waals surface area (Å²) < 4.78 is 36.9. The topological polar surface area (TPSA) is 70.1 Å². The van der Waals surface area contributed by atoms with E-state index >= 15 is 0 Å². The molecule has 8 heteroatoms. The summed E-state index contributed by atoms with van der Waals surface area (Å²) in [6.07, 6.45) is 6.02. The molecule has 1 aromatic heterocycles. The zero-order valence-corrected chi connectivity index (χ0v) is 17.8. The minimum Gasteiger partial charge on any atom is -0.484 e. The first-order valence-electron chi connectivity index (χ1n) is 10.8. The fourth-order valence-corrected chi connectivity index (χ4v) is 4.64. The summed E-state index contributed by atoms with van der Waals surface area (Å²) in [5, 5.41) is 0. The van der Waals surface area contributed by atoms with Gasteiger partial charge in [0, 0.05) is 25.8 Å². The Hall–Kier alpha value is -2.97. The number of hydrogen-bond donors (Lipinski definition) is 0. The molecule has 0 saturated carbocycles.